The van der Waals surface area contributed by atoms with Crippen molar-refractivity contribution in [3.63, 3.8) is 0 Å². The van der Waals surface area contributed by atoms with Gasteiger partial charge in [-0.05, 0) is 54.0 Å². The quantitative estimate of drug-likeness (QED) is 0.527. The second-order valence-corrected chi connectivity index (χ2v) is 11.4. The Morgan fingerprint density at radius 3 is 2.51 bits per heavy atom. The molecule has 11 heteroatoms. The second-order valence-electron chi connectivity index (χ2n) is 11.4. The first-order valence-corrected chi connectivity index (χ1v) is 13.3. The maximum absolute atomic E-state index is 13.4. The van der Waals surface area contributed by atoms with E-state index in [-0.39, 0.29) is 24.2 Å². The van der Waals surface area contributed by atoms with E-state index in [0.717, 1.165) is 22.6 Å². The van der Waals surface area contributed by atoms with E-state index < -0.39 is 5.60 Å². The summed E-state index contributed by atoms with van der Waals surface area (Å²) in [7, 11) is 1.57. The van der Waals surface area contributed by atoms with Crippen LogP contribution in [0, 0.1) is 6.92 Å². The van der Waals surface area contributed by atoms with Gasteiger partial charge in [0.15, 0.2) is 0 Å². The van der Waals surface area contributed by atoms with E-state index >= 15 is 0 Å². The fourth-order valence-corrected chi connectivity index (χ4v) is 5.55. The molecule has 2 aliphatic rings. The average Bonchev–Trinajstić information content (AvgIpc) is 3.44. The number of methoxy groups -OCH3 is 1. The van der Waals surface area contributed by atoms with Crippen molar-refractivity contribution in [3.8, 4) is 5.75 Å². The van der Waals surface area contributed by atoms with Crippen molar-refractivity contribution < 1.29 is 19.1 Å². The van der Waals surface area contributed by atoms with E-state index in [2.05, 4.69) is 20.2 Å². The van der Waals surface area contributed by atoms with Gasteiger partial charge >= 0.3 is 12.1 Å². The predicted octanol–water partition coefficient (Wildman–Crippen LogP) is 4.48. The van der Waals surface area contributed by atoms with Crippen molar-refractivity contribution in [1.29, 1.82) is 0 Å². The van der Waals surface area contributed by atoms with Gasteiger partial charge in [-0.3, -0.25) is 9.80 Å². The van der Waals surface area contributed by atoms with E-state index in [4.69, 9.17) is 9.47 Å². The van der Waals surface area contributed by atoms with Crippen molar-refractivity contribution in [3.05, 3.63) is 42.0 Å². The van der Waals surface area contributed by atoms with Crippen LogP contribution >= 0.6 is 0 Å². The Morgan fingerprint density at radius 1 is 1.13 bits per heavy atom. The van der Waals surface area contributed by atoms with Crippen LogP contribution in [0.2, 0.25) is 0 Å². The van der Waals surface area contributed by atoms with Gasteiger partial charge in [0.25, 0.3) is 0 Å². The maximum atomic E-state index is 13.4. The van der Waals surface area contributed by atoms with Crippen LogP contribution in [0.1, 0.15) is 45.9 Å². The number of hydrogen-bond donors (Lipinski definition) is 1. The monoisotopic (exact) mass is 535 g/mol. The van der Waals surface area contributed by atoms with Crippen LogP contribution in [0.4, 0.5) is 26.8 Å². The molecule has 5 heterocycles. The third kappa shape index (κ3) is 5.17. The lowest BCUT2D eigenvalue weighted by atomic mass is 10.1. The van der Waals surface area contributed by atoms with Gasteiger partial charge in [0.2, 0.25) is 0 Å². The molecule has 3 amide bonds. The van der Waals surface area contributed by atoms with Crippen molar-refractivity contribution in [2.75, 3.05) is 41.9 Å². The van der Waals surface area contributed by atoms with Gasteiger partial charge in [0.05, 0.1) is 24.9 Å². The van der Waals surface area contributed by atoms with E-state index in [9.17, 15) is 9.59 Å². The summed E-state index contributed by atoms with van der Waals surface area (Å²) in [5.41, 5.74) is 3.71. The van der Waals surface area contributed by atoms with Gasteiger partial charge in [-0.1, -0.05) is 0 Å². The van der Waals surface area contributed by atoms with Gasteiger partial charge in [-0.15, -0.1) is 0 Å². The Balaban J connectivity index is 1.34. The molecule has 2 aliphatic heterocycles. The van der Waals surface area contributed by atoms with Crippen LogP contribution in [0.3, 0.4) is 0 Å². The largest absolute Gasteiger partial charge is 0.494 e. The highest BCUT2D eigenvalue weighted by molar-refractivity contribution is 6.03. The zero-order valence-corrected chi connectivity index (χ0v) is 23.7. The summed E-state index contributed by atoms with van der Waals surface area (Å²) in [5.74, 6) is 1.19. The van der Waals surface area contributed by atoms with E-state index in [0.29, 0.717) is 43.3 Å². The summed E-state index contributed by atoms with van der Waals surface area (Å²) in [6, 6.07) is 3.45. The summed E-state index contributed by atoms with van der Waals surface area (Å²) in [6.45, 7) is 13.5. The zero-order chi connectivity index (χ0) is 28.1. The Hall–Kier alpha value is -4.02. The number of rotatable bonds is 3. The lowest BCUT2D eigenvalue weighted by Crippen LogP contribution is -2.59. The summed E-state index contributed by atoms with van der Waals surface area (Å²) < 4.78 is 13.0. The van der Waals surface area contributed by atoms with Gasteiger partial charge < -0.3 is 24.1 Å². The van der Waals surface area contributed by atoms with E-state index in [1.165, 1.54) is 0 Å². The van der Waals surface area contributed by atoms with Crippen LogP contribution in [0.25, 0.3) is 5.65 Å². The van der Waals surface area contributed by atoms with E-state index in [1.54, 1.807) is 30.5 Å². The summed E-state index contributed by atoms with van der Waals surface area (Å²) in [4.78, 5) is 41.1. The van der Waals surface area contributed by atoms with Crippen LogP contribution < -0.4 is 19.9 Å². The first kappa shape index (κ1) is 26.6. The molecule has 0 spiro atoms. The Bertz CT molecular complexity index is 1400. The van der Waals surface area contributed by atoms with Gasteiger partial charge in [0.1, 0.15) is 28.5 Å². The number of hydrogen-bond acceptors (Lipinski definition) is 7. The van der Waals surface area contributed by atoms with Crippen molar-refractivity contribution in [1.82, 2.24) is 19.3 Å². The van der Waals surface area contributed by atoms with Crippen LogP contribution in [0.15, 0.2) is 30.7 Å². The zero-order valence-electron chi connectivity index (χ0n) is 23.7. The predicted molar refractivity (Wildman–Crippen MR) is 150 cm³/mol. The fourth-order valence-electron chi connectivity index (χ4n) is 5.55. The summed E-state index contributed by atoms with van der Waals surface area (Å²) in [5, 5.41) is 3.00. The molecule has 208 valence electrons. The van der Waals surface area contributed by atoms with Crippen LogP contribution in [0.5, 0.6) is 5.75 Å². The molecule has 0 bridgehead atoms. The van der Waals surface area contributed by atoms with E-state index in [1.807, 2.05) is 63.1 Å². The molecule has 5 rings (SSSR count). The molecule has 0 radical (unpaired) electrons. The second kappa shape index (κ2) is 9.94. The molecule has 2 atom stereocenters. The number of fused-ring (bicyclic) bond motifs is 2. The number of carbonyl (C=O) groups excluding carboxylic acids is 2. The highest BCUT2D eigenvalue weighted by Gasteiger charge is 2.37. The van der Waals surface area contributed by atoms with Crippen molar-refractivity contribution in [2.45, 2.75) is 65.6 Å². The first-order valence-electron chi connectivity index (χ1n) is 13.3. The lowest BCUT2D eigenvalue weighted by molar-refractivity contribution is 0.00565. The van der Waals surface area contributed by atoms with Crippen LogP contribution in [-0.2, 0) is 11.2 Å². The van der Waals surface area contributed by atoms with Gasteiger partial charge in [-0.2, -0.15) is 0 Å². The molecule has 1 N–H and O–H groups in total. The van der Waals surface area contributed by atoms with Gasteiger partial charge in [-0.25, -0.2) is 19.6 Å². The Kier molecular flexibility index (Phi) is 6.77. The summed E-state index contributed by atoms with van der Waals surface area (Å²) in [6.07, 6.45) is 5.85. The standard InChI is InChI=1S/C28H37N7O4/c1-17-13-33-16-21(23(38-7)12-24(33)30-17)31-26(36)34-11-9-20-22(8-10-29-25(20)34)32-14-18(2)35(19(3)15-32)27(37)39-28(4,5)6/h8,10,12-13,16,18-19H,9,11,14-15H2,1-7H3,(H,31,36)/t18-,19+. The molecule has 0 saturated carbocycles. The molecular weight excluding hydrogens is 498 g/mol. The third-order valence-corrected chi connectivity index (χ3v) is 7.10. The number of imidazole rings is 1. The summed E-state index contributed by atoms with van der Waals surface area (Å²) >= 11 is 0. The number of ether oxygens (including phenoxy) is 2. The Morgan fingerprint density at radius 2 is 1.85 bits per heavy atom. The molecule has 0 unspecified atom stereocenters. The first-order chi connectivity index (χ1) is 18.4. The number of nitrogens with zero attached hydrogens (tertiary/aromatic N) is 6. The Labute approximate surface area is 228 Å². The molecule has 11 nitrogen and oxygen atoms in total. The third-order valence-electron chi connectivity index (χ3n) is 7.10. The number of pyridine rings is 2. The SMILES string of the molecule is COc1cc2nc(C)cn2cc1NC(=O)N1CCc2c(N3C[C@@H](C)N(C(=O)OC(C)(C)C)[C@@H](C)C3)ccnc21. The molecule has 1 saturated heterocycles. The molecule has 3 aromatic heterocycles. The normalized spacial score (nSPS) is 19.3. The minimum atomic E-state index is -0.545. The van der Waals surface area contributed by atoms with Gasteiger partial charge in [0, 0.05) is 55.5 Å². The minimum Gasteiger partial charge on any atom is -0.494 e. The number of urea groups is 1. The number of piperazine rings is 1. The molecule has 0 aliphatic carbocycles. The lowest BCUT2D eigenvalue weighted by Gasteiger charge is -2.45. The minimum absolute atomic E-state index is 0.0394. The number of anilines is 3. The fraction of sp³-hybridized carbons (Fsp3) is 0.500. The number of carbonyl (C=O) groups is 2. The molecular formula is C28H37N7O4. The highest BCUT2D eigenvalue weighted by atomic mass is 16.6. The molecule has 3 aromatic rings. The van der Waals surface area contributed by atoms with Crippen molar-refractivity contribution in [2.24, 2.45) is 0 Å². The van der Waals surface area contributed by atoms with Crippen LogP contribution in [-0.4, -0.2) is 75.8 Å². The maximum Gasteiger partial charge on any atom is 0.410 e. The highest BCUT2D eigenvalue weighted by Crippen LogP contribution is 2.36. The molecule has 1 fully saturated rings. The topological polar surface area (TPSA) is 105 Å². The number of aromatic nitrogens is 3. The number of amides is 3. The number of aryl methyl sites for hydroxylation is 1. The number of nitrogens with one attached hydrogen (secondary N) is 1. The average molecular weight is 536 g/mol. The van der Waals surface area contributed by atoms with Crippen molar-refractivity contribution >= 4 is 35.0 Å². The molecule has 39 heavy (non-hydrogen) atoms. The smallest absolute Gasteiger partial charge is 0.410 e. The molecule has 0 aromatic carbocycles.